The Morgan fingerprint density at radius 1 is 1.10 bits per heavy atom. The van der Waals surface area contributed by atoms with Crippen molar-refractivity contribution in [3.8, 4) is 0 Å². The quantitative estimate of drug-likeness (QED) is 0.595. The molecule has 0 heterocycles. The van der Waals surface area contributed by atoms with Crippen molar-refractivity contribution in [3.63, 3.8) is 0 Å². The molecule has 0 aromatic carbocycles. The third-order valence-electron chi connectivity index (χ3n) is 3.04. The SMILES string of the molecule is CC(C)(C)C(C)(N)C1CC1. The molecule has 60 valence electrons. The van der Waals surface area contributed by atoms with Crippen LogP contribution in [0.5, 0.6) is 0 Å². The second-order valence-corrected chi connectivity index (χ2v) is 4.81. The van der Waals surface area contributed by atoms with Gasteiger partial charge in [0.15, 0.2) is 0 Å². The van der Waals surface area contributed by atoms with Crippen LogP contribution in [0.25, 0.3) is 0 Å². The largest absolute Gasteiger partial charge is 0.325 e. The second kappa shape index (κ2) is 1.97. The molecule has 1 rings (SSSR count). The molecule has 0 radical (unpaired) electrons. The maximum absolute atomic E-state index is 6.20. The van der Waals surface area contributed by atoms with Crippen molar-refractivity contribution in [2.45, 2.75) is 46.1 Å². The first-order valence-corrected chi connectivity index (χ1v) is 4.14. The summed E-state index contributed by atoms with van der Waals surface area (Å²) in [6, 6.07) is 0. The van der Waals surface area contributed by atoms with Crippen LogP contribution < -0.4 is 5.73 Å². The van der Waals surface area contributed by atoms with E-state index in [2.05, 4.69) is 27.7 Å². The summed E-state index contributed by atoms with van der Waals surface area (Å²) in [5.74, 6) is 0.785. The molecule has 1 saturated carbocycles. The van der Waals surface area contributed by atoms with Crippen LogP contribution in [0.3, 0.4) is 0 Å². The van der Waals surface area contributed by atoms with Gasteiger partial charge in [0.25, 0.3) is 0 Å². The molecule has 0 aromatic rings. The molecule has 0 aliphatic heterocycles. The highest BCUT2D eigenvalue weighted by atomic mass is 14.8. The molecule has 2 N–H and O–H groups in total. The molecule has 0 spiro atoms. The van der Waals surface area contributed by atoms with Crippen molar-refractivity contribution < 1.29 is 0 Å². The molecule has 1 nitrogen and oxygen atoms in total. The molecule has 1 aliphatic carbocycles. The lowest BCUT2D eigenvalue weighted by molar-refractivity contribution is 0.180. The van der Waals surface area contributed by atoms with Gasteiger partial charge in [-0.25, -0.2) is 0 Å². The van der Waals surface area contributed by atoms with E-state index in [1.807, 2.05) is 0 Å². The zero-order chi connectivity index (χ0) is 7.99. The van der Waals surface area contributed by atoms with Crippen molar-refractivity contribution in [2.75, 3.05) is 0 Å². The zero-order valence-electron chi connectivity index (χ0n) is 7.57. The Morgan fingerprint density at radius 3 is 1.60 bits per heavy atom. The van der Waals surface area contributed by atoms with Gasteiger partial charge >= 0.3 is 0 Å². The highest BCUT2D eigenvalue weighted by molar-refractivity contribution is 5.02. The van der Waals surface area contributed by atoms with Gasteiger partial charge in [-0.1, -0.05) is 20.8 Å². The number of hydrogen-bond donors (Lipinski definition) is 1. The molecule has 0 bridgehead atoms. The minimum atomic E-state index is 0.0486. The maximum Gasteiger partial charge on any atom is 0.0203 e. The normalized spacial score (nSPS) is 26.1. The molecule has 1 aliphatic rings. The molecule has 0 saturated heterocycles. The lowest BCUT2D eigenvalue weighted by Crippen LogP contribution is -2.50. The van der Waals surface area contributed by atoms with Crippen LogP contribution in [0.1, 0.15) is 40.5 Å². The molecular formula is C9H19N. The summed E-state index contributed by atoms with van der Waals surface area (Å²) in [7, 11) is 0. The monoisotopic (exact) mass is 141 g/mol. The first-order valence-electron chi connectivity index (χ1n) is 4.14. The Bertz CT molecular complexity index is 126. The van der Waals surface area contributed by atoms with E-state index in [4.69, 9.17) is 5.73 Å². The van der Waals surface area contributed by atoms with Gasteiger partial charge in [0.2, 0.25) is 0 Å². The van der Waals surface area contributed by atoms with E-state index in [9.17, 15) is 0 Å². The summed E-state index contributed by atoms with van der Waals surface area (Å²) in [5, 5.41) is 0. The first kappa shape index (κ1) is 8.06. The topological polar surface area (TPSA) is 26.0 Å². The lowest BCUT2D eigenvalue weighted by atomic mass is 9.72. The van der Waals surface area contributed by atoms with Crippen molar-refractivity contribution in [1.82, 2.24) is 0 Å². The van der Waals surface area contributed by atoms with E-state index in [1.165, 1.54) is 12.8 Å². The van der Waals surface area contributed by atoms with E-state index in [0.717, 1.165) is 5.92 Å². The van der Waals surface area contributed by atoms with Gasteiger partial charge in [-0.2, -0.15) is 0 Å². The number of rotatable bonds is 1. The minimum Gasteiger partial charge on any atom is -0.325 e. The van der Waals surface area contributed by atoms with Crippen molar-refractivity contribution in [3.05, 3.63) is 0 Å². The highest BCUT2D eigenvalue weighted by Gasteiger charge is 2.45. The van der Waals surface area contributed by atoms with E-state index in [1.54, 1.807) is 0 Å². The van der Waals surface area contributed by atoms with Crippen molar-refractivity contribution >= 4 is 0 Å². The summed E-state index contributed by atoms with van der Waals surface area (Å²) in [4.78, 5) is 0. The molecular weight excluding hydrogens is 122 g/mol. The van der Waals surface area contributed by atoms with Crippen LogP contribution in [0, 0.1) is 11.3 Å². The number of nitrogens with two attached hydrogens (primary N) is 1. The van der Waals surface area contributed by atoms with Crippen molar-refractivity contribution in [1.29, 1.82) is 0 Å². The van der Waals surface area contributed by atoms with E-state index in [0.29, 0.717) is 0 Å². The summed E-state index contributed by atoms with van der Waals surface area (Å²) in [5.41, 5.74) is 6.51. The summed E-state index contributed by atoms with van der Waals surface area (Å²) >= 11 is 0. The molecule has 0 aromatic heterocycles. The van der Waals surface area contributed by atoms with Crippen LogP contribution in [-0.4, -0.2) is 5.54 Å². The van der Waals surface area contributed by atoms with E-state index in [-0.39, 0.29) is 11.0 Å². The summed E-state index contributed by atoms with van der Waals surface area (Å²) < 4.78 is 0. The number of hydrogen-bond acceptors (Lipinski definition) is 1. The minimum absolute atomic E-state index is 0.0486. The summed E-state index contributed by atoms with van der Waals surface area (Å²) in [6.45, 7) is 8.87. The molecule has 10 heavy (non-hydrogen) atoms. The average molecular weight is 141 g/mol. The molecule has 1 atom stereocenters. The fourth-order valence-electron chi connectivity index (χ4n) is 1.30. The fraction of sp³-hybridized carbons (Fsp3) is 1.00. The third-order valence-corrected chi connectivity index (χ3v) is 3.04. The van der Waals surface area contributed by atoms with E-state index < -0.39 is 0 Å². The smallest absolute Gasteiger partial charge is 0.0203 e. The van der Waals surface area contributed by atoms with Gasteiger partial charge < -0.3 is 5.73 Å². The Balaban J connectivity index is 2.66. The molecule has 1 unspecified atom stereocenters. The van der Waals surface area contributed by atoms with Crippen LogP contribution >= 0.6 is 0 Å². The van der Waals surface area contributed by atoms with Crippen molar-refractivity contribution in [2.24, 2.45) is 17.1 Å². The van der Waals surface area contributed by atoms with E-state index >= 15 is 0 Å². The van der Waals surface area contributed by atoms with Gasteiger partial charge in [-0.3, -0.25) is 0 Å². The molecule has 0 amide bonds. The lowest BCUT2D eigenvalue weighted by Gasteiger charge is -2.39. The standard InChI is InChI=1S/C9H19N/c1-8(2,3)9(4,10)7-5-6-7/h7H,5-6,10H2,1-4H3. The van der Waals surface area contributed by atoms with Crippen LogP contribution in [0.15, 0.2) is 0 Å². The second-order valence-electron chi connectivity index (χ2n) is 4.81. The predicted octanol–water partition coefficient (Wildman–Crippen LogP) is 2.16. The van der Waals surface area contributed by atoms with Gasteiger partial charge in [-0.05, 0) is 31.1 Å². The van der Waals surface area contributed by atoms with Crippen LogP contribution in [0.4, 0.5) is 0 Å². The highest BCUT2D eigenvalue weighted by Crippen LogP contribution is 2.46. The zero-order valence-corrected chi connectivity index (χ0v) is 7.57. The Morgan fingerprint density at radius 2 is 1.50 bits per heavy atom. The third kappa shape index (κ3) is 1.20. The van der Waals surface area contributed by atoms with Crippen LogP contribution in [0.2, 0.25) is 0 Å². The van der Waals surface area contributed by atoms with Gasteiger partial charge in [-0.15, -0.1) is 0 Å². The Labute approximate surface area is 64.0 Å². The molecule has 1 heteroatoms. The fourth-order valence-corrected chi connectivity index (χ4v) is 1.30. The Kier molecular flexibility index (Phi) is 1.59. The van der Waals surface area contributed by atoms with Crippen LogP contribution in [-0.2, 0) is 0 Å². The van der Waals surface area contributed by atoms with Gasteiger partial charge in [0.05, 0.1) is 0 Å². The predicted molar refractivity (Wildman–Crippen MR) is 44.8 cm³/mol. The maximum atomic E-state index is 6.20. The van der Waals surface area contributed by atoms with Gasteiger partial charge in [0.1, 0.15) is 0 Å². The molecule has 1 fully saturated rings. The first-order chi connectivity index (χ1) is 4.36. The van der Waals surface area contributed by atoms with Gasteiger partial charge in [0, 0.05) is 5.54 Å². The Hall–Kier alpha value is -0.0400. The summed E-state index contributed by atoms with van der Waals surface area (Å²) in [6.07, 6.45) is 2.68. The average Bonchev–Trinajstić information content (AvgIpc) is 2.38.